The molecule has 0 radical (unpaired) electrons. The zero-order chi connectivity index (χ0) is 6.69. The molecule has 1 saturated carbocycles. The molecule has 1 aliphatic carbocycles. The zero-order valence-electron chi connectivity index (χ0n) is 6.12. The molecule has 1 fully saturated rings. The van der Waals surface area contributed by atoms with Gasteiger partial charge in [0.2, 0.25) is 0 Å². The molecule has 1 atom stereocenters. The van der Waals surface area contributed by atoms with Crippen LogP contribution in [0.1, 0.15) is 25.7 Å². The molecule has 0 aliphatic heterocycles. The molecule has 1 aliphatic rings. The number of aliphatic hydroxyl groups excluding tert-OH is 1. The van der Waals surface area contributed by atoms with E-state index in [0.29, 0.717) is 0 Å². The Hall–Kier alpha value is 0.210. The minimum absolute atomic E-state index is 0. The van der Waals surface area contributed by atoms with Crippen molar-refractivity contribution in [1.82, 2.24) is 0 Å². The highest BCUT2D eigenvalue weighted by molar-refractivity contribution is 5.85. The Morgan fingerprint density at radius 2 is 2.10 bits per heavy atom. The lowest BCUT2D eigenvalue weighted by Gasteiger charge is -2.27. The molecule has 0 heterocycles. The van der Waals surface area contributed by atoms with E-state index in [9.17, 15) is 0 Å². The summed E-state index contributed by atoms with van der Waals surface area (Å²) in [6.45, 7) is 0.149. The topological polar surface area (TPSA) is 46.2 Å². The predicted octanol–water partition coefficient (Wildman–Crippen LogP) is 0.918. The summed E-state index contributed by atoms with van der Waals surface area (Å²) in [6, 6.07) is 0.0373. The van der Waals surface area contributed by atoms with Gasteiger partial charge in [0.15, 0.2) is 0 Å². The zero-order valence-corrected chi connectivity index (χ0v) is 6.94. The number of aliphatic hydroxyl groups is 1. The first-order chi connectivity index (χ1) is 4.33. The molecular weight excluding hydrogens is 150 g/mol. The number of hydrogen-bond acceptors (Lipinski definition) is 2. The van der Waals surface area contributed by atoms with E-state index in [1.807, 2.05) is 0 Å². The van der Waals surface area contributed by atoms with E-state index in [0.717, 1.165) is 12.3 Å². The maximum Gasteiger partial charge on any atom is 0.0582 e. The van der Waals surface area contributed by atoms with Crippen LogP contribution in [0.3, 0.4) is 0 Å². The summed E-state index contributed by atoms with van der Waals surface area (Å²) in [5, 5.41) is 8.58. The number of halogens is 1. The molecule has 0 aromatic rings. The largest absolute Gasteiger partial charge is 0.395 e. The minimum atomic E-state index is 0. The third kappa shape index (κ3) is 2.86. The van der Waals surface area contributed by atoms with Crippen molar-refractivity contribution >= 4 is 12.4 Å². The van der Waals surface area contributed by atoms with E-state index >= 15 is 0 Å². The second kappa shape index (κ2) is 4.94. The molecule has 2 nitrogen and oxygen atoms in total. The van der Waals surface area contributed by atoms with Crippen molar-refractivity contribution in [3.05, 3.63) is 0 Å². The fourth-order valence-corrected chi connectivity index (χ4v) is 1.23. The number of nitrogens with two attached hydrogens (primary N) is 1. The van der Waals surface area contributed by atoms with Crippen LogP contribution in [0.4, 0.5) is 0 Å². The first-order valence-electron chi connectivity index (χ1n) is 3.69. The molecular formula is C7H16ClNO. The van der Waals surface area contributed by atoms with Crippen LogP contribution in [0, 0.1) is 5.92 Å². The van der Waals surface area contributed by atoms with Gasteiger partial charge >= 0.3 is 0 Å². The van der Waals surface area contributed by atoms with Gasteiger partial charge in [0.25, 0.3) is 0 Å². The summed E-state index contributed by atoms with van der Waals surface area (Å²) >= 11 is 0. The highest BCUT2D eigenvalue weighted by Gasteiger charge is 2.19. The Morgan fingerprint density at radius 1 is 1.50 bits per heavy atom. The van der Waals surface area contributed by atoms with Crippen molar-refractivity contribution in [3.63, 3.8) is 0 Å². The van der Waals surface area contributed by atoms with Crippen molar-refractivity contribution in [2.24, 2.45) is 11.7 Å². The smallest absolute Gasteiger partial charge is 0.0582 e. The Bertz CT molecular complexity index is 82.9. The van der Waals surface area contributed by atoms with Crippen molar-refractivity contribution < 1.29 is 5.11 Å². The molecule has 62 valence electrons. The summed E-state index contributed by atoms with van der Waals surface area (Å²) in [4.78, 5) is 0. The van der Waals surface area contributed by atoms with Crippen LogP contribution >= 0.6 is 12.4 Å². The van der Waals surface area contributed by atoms with Crippen LogP contribution in [0.25, 0.3) is 0 Å². The quantitative estimate of drug-likeness (QED) is 0.654. The Morgan fingerprint density at radius 3 is 2.40 bits per heavy atom. The van der Waals surface area contributed by atoms with E-state index in [2.05, 4.69) is 0 Å². The van der Waals surface area contributed by atoms with E-state index in [4.69, 9.17) is 10.8 Å². The van der Waals surface area contributed by atoms with Gasteiger partial charge in [-0.2, -0.15) is 0 Å². The molecule has 0 aromatic heterocycles. The van der Waals surface area contributed by atoms with Crippen LogP contribution in [0.2, 0.25) is 0 Å². The van der Waals surface area contributed by atoms with Crippen LogP contribution in [0.15, 0.2) is 0 Å². The van der Waals surface area contributed by atoms with Gasteiger partial charge in [-0.25, -0.2) is 0 Å². The highest BCUT2D eigenvalue weighted by atomic mass is 35.5. The Kier molecular flexibility index (Phi) is 5.04. The van der Waals surface area contributed by atoms with Crippen LogP contribution in [-0.4, -0.2) is 17.8 Å². The van der Waals surface area contributed by atoms with E-state index < -0.39 is 0 Å². The predicted molar refractivity (Wildman–Crippen MR) is 44.3 cm³/mol. The summed E-state index contributed by atoms with van der Waals surface area (Å²) < 4.78 is 0. The second-order valence-electron chi connectivity index (χ2n) is 2.98. The van der Waals surface area contributed by atoms with E-state index in [1.54, 1.807) is 0 Å². The van der Waals surface area contributed by atoms with Gasteiger partial charge in [0, 0.05) is 6.04 Å². The van der Waals surface area contributed by atoms with Crippen LogP contribution < -0.4 is 5.73 Å². The molecule has 0 unspecified atom stereocenters. The van der Waals surface area contributed by atoms with Crippen molar-refractivity contribution in [2.45, 2.75) is 31.7 Å². The second-order valence-corrected chi connectivity index (χ2v) is 2.98. The molecule has 3 heteroatoms. The van der Waals surface area contributed by atoms with Crippen LogP contribution in [-0.2, 0) is 0 Å². The van der Waals surface area contributed by atoms with Gasteiger partial charge in [0.1, 0.15) is 0 Å². The van der Waals surface area contributed by atoms with Gasteiger partial charge in [-0.05, 0) is 12.3 Å². The normalized spacial score (nSPS) is 21.0. The molecule has 10 heavy (non-hydrogen) atoms. The highest BCUT2D eigenvalue weighted by Crippen LogP contribution is 2.29. The van der Waals surface area contributed by atoms with Gasteiger partial charge in [-0.3, -0.25) is 0 Å². The maximum atomic E-state index is 8.58. The summed E-state index contributed by atoms with van der Waals surface area (Å²) in [5.41, 5.74) is 5.53. The maximum absolute atomic E-state index is 8.58. The monoisotopic (exact) mass is 165 g/mol. The first kappa shape index (κ1) is 10.2. The average Bonchev–Trinajstić information content (AvgIpc) is 1.78. The van der Waals surface area contributed by atoms with Gasteiger partial charge in [-0.15, -0.1) is 12.4 Å². The van der Waals surface area contributed by atoms with Crippen molar-refractivity contribution in [3.8, 4) is 0 Å². The molecule has 0 saturated heterocycles. The molecule has 3 N–H and O–H groups in total. The number of hydrogen-bond donors (Lipinski definition) is 2. The standard InChI is InChI=1S/C7H15NO.ClH/c8-7(5-9)4-6-2-1-3-6;/h6-7,9H,1-5,8H2;1H/t7-;/m1./s1. The summed E-state index contributed by atoms with van der Waals surface area (Å²) in [6.07, 6.45) is 5.04. The van der Waals surface area contributed by atoms with Crippen molar-refractivity contribution in [2.75, 3.05) is 6.61 Å². The van der Waals surface area contributed by atoms with Gasteiger partial charge in [0.05, 0.1) is 6.61 Å². The van der Waals surface area contributed by atoms with Crippen LogP contribution in [0.5, 0.6) is 0 Å². The fraction of sp³-hybridized carbons (Fsp3) is 1.00. The molecule has 0 spiro atoms. The first-order valence-corrected chi connectivity index (χ1v) is 3.69. The molecule has 1 rings (SSSR count). The fourth-order valence-electron chi connectivity index (χ4n) is 1.23. The Balaban J connectivity index is 0.000000810. The van der Waals surface area contributed by atoms with Crippen molar-refractivity contribution in [1.29, 1.82) is 0 Å². The SMILES string of the molecule is Cl.N[C@@H](CO)CC1CCC1. The van der Waals surface area contributed by atoms with E-state index in [-0.39, 0.29) is 25.1 Å². The molecule has 0 aromatic carbocycles. The van der Waals surface area contributed by atoms with E-state index in [1.165, 1.54) is 19.3 Å². The lowest BCUT2D eigenvalue weighted by atomic mass is 9.81. The number of rotatable bonds is 3. The van der Waals surface area contributed by atoms with Gasteiger partial charge in [-0.1, -0.05) is 19.3 Å². The lowest BCUT2D eigenvalue weighted by molar-refractivity contribution is 0.211. The lowest BCUT2D eigenvalue weighted by Crippen LogP contribution is -2.29. The molecule has 0 amide bonds. The summed E-state index contributed by atoms with van der Waals surface area (Å²) in [7, 11) is 0. The summed E-state index contributed by atoms with van der Waals surface area (Å²) in [5.74, 6) is 0.826. The minimum Gasteiger partial charge on any atom is -0.395 e. The third-order valence-corrected chi connectivity index (χ3v) is 2.10. The average molecular weight is 166 g/mol. The van der Waals surface area contributed by atoms with Gasteiger partial charge < -0.3 is 10.8 Å². The Labute approximate surface area is 68.2 Å². The molecule has 0 bridgehead atoms. The third-order valence-electron chi connectivity index (χ3n) is 2.10.